The molecule has 39 heavy (non-hydrogen) atoms. The van der Waals surface area contributed by atoms with Crippen molar-refractivity contribution in [2.45, 2.75) is 25.4 Å². The van der Waals surface area contributed by atoms with Gasteiger partial charge in [-0.05, 0) is 55.5 Å². The Kier molecular flexibility index (Phi) is 7.24. The van der Waals surface area contributed by atoms with E-state index in [1.165, 1.54) is 6.42 Å². The molecule has 0 spiro atoms. The van der Waals surface area contributed by atoms with Crippen molar-refractivity contribution in [1.82, 2.24) is 15.2 Å². The monoisotopic (exact) mass is 552 g/mol. The van der Waals surface area contributed by atoms with Crippen LogP contribution in [0, 0.1) is 5.92 Å². The lowest BCUT2D eigenvalue weighted by Gasteiger charge is -2.41. The van der Waals surface area contributed by atoms with E-state index in [1.807, 2.05) is 12.1 Å². The second kappa shape index (κ2) is 10.9. The third-order valence-electron chi connectivity index (χ3n) is 7.37. The van der Waals surface area contributed by atoms with E-state index < -0.39 is 16.6 Å². The molecule has 1 aromatic carbocycles. The molecule has 1 atom stereocenters. The number of benzene rings is 1. The Hall–Kier alpha value is -3.48. The zero-order chi connectivity index (χ0) is 26.8. The first kappa shape index (κ1) is 25.8. The van der Waals surface area contributed by atoms with Crippen molar-refractivity contribution >= 4 is 27.2 Å². The minimum Gasteiger partial charge on any atom is -0.416 e. The Bertz CT molecular complexity index is 1450. The molecule has 0 radical (unpaired) electrons. The zero-order valence-electron chi connectivity index (χ0n) is 21.6. The molecule has 206 valence electrons. The van der Waals surface area contributed by atoms with Crippen LogP contribution < -0.4 is 14.5 Å². The minimum atomic E-state index is -3.67. The molecule has 0 aliphatic carbocycles. The summed E-state index contributed by atoms with van der Waals surface area (Å²) in [5, 5.41) is 17.8. The van der Waals surface area contributed by atoms with Crippen LogP contribution in [0.25, 0.3) is 22.9 Å². The fraction of sp³-hybridized carbons (Fsp3) is 0.444. The van der Waals surface area contributed by atoms with Crippen molar-refractivity contribution < 1.29 is 22.7 Å². The zero-order valence-corrected chi connectivity index (χ0v) is 22.4. The summed E-state index contributed by atoms with van der Waals surface area (Å²) >= 11 is 0. The van der Waals surface area contributed by atoms with Gasteiger partial charge >= 0.3 is 0 Å². The Morgan fingerprint density at radius 2 is 1.92 bits per heavy atom. The molecular formula is C27H32N6O5S. The Balaban J connectivity index is 1.35. The number of hydrogen-bond donors (Lipinski definition) is 2. The predicted octanol–water partition coefficient (Wildman–Crippen LogP) is 2.91. The normalized spacial score (nSPS) is 22.1. The van der Waals surface area contributed by atoms with Crippen molar-refractivity contribution in [2.75, 3.05) is 59.7 Å². The fourth-order valence-corrected chi connectivity index (χ4v) is 6.14. The smallest absolute Gasteiger partial charge is 0.250 e. The van der Waals surface area contributed by atoms with E-state index in [1.54, 1.807) is 24.4 Å². The van der Waals surface area contributed by atoms with Gasteiger partial charge < -0.3 is 24.1 Å². The van der Waals surface area contributed by atoms with Gasteiger partial charge in [0.25, 0.3) is 0 Å². The van der Waals surface area contributed by atoms with Crippen LogP contribution in [-0.4, -0.2) is 80.0 Å². The summed E-state index contributed by atoms with van der Waals surface area (Å²) in [5.74, 6) is 1.82. The first-order valence-electron chi connectivity index (χ1n) is 13.3. The summed E-state index contributed by atoms with van der Waals surface area (Å²) in [6.07, 6.45) is 9.50. The van der Waals surface area contributed by atoms with Crippen LogP contribution in [0.4, 0.5) is 17.2 Å². The maximum Gasteiger partial charge on any atom is 0.250 e. The number of anilines is 3. The number of fused-ring (bicyclic) bond motifs is 3. The lowest BCUT2D eigenvalue weighted by Crippen LogP contribution is -2.52. The molecule has 0 amide bonds. The van der Waals surface area contributed by atoms with Crippen LogP contribution in [0.3, 0.4) is 0 Å². The maximum absolute atomic E-state index is 12.3. The van der Waals surface area contributed by atoms with Gasteiger partial charge in [-0.25, -0.2) is 13.4 Å². The summed E-state index contributed by atoms with van der Waals surface area (Å²) in [6, 6.07) is 9.05. The molecule has 2 fully saturated rings. The average molecular weight is 553 g/mol. The molecule has 1 unspecified atom stereocenters. The van der Waals surface area contributed by atoms with Gasteiger partial charge in [-0.3, -0.25) is 4.72 Å². The number of sulfonamides is 1. The van der Waals surface area contributed by atoms with E-state index in [2.05, 4.69) is 41.9 Å². The number of rotatable bonds is 4. The molecule has 4 aliphatic heterocycles. The number of aromatic nitrogens is 3. The molecule has 2 aromatic heterocycles. The predicted molar refractivity (Wildman–Crippen MR) is 148 cm³/mol. The Labute approximate surface area is 227 Å². The molecule has 8 bridgehead atoms. The molecule has 4 aliphatic rings. The summed E-state index contributed by atoms with van der Waals surface area (Å²) < 4.78 is 39.3. The molecule has 6 heterocycles. The summed E-state index contributed by atoms with van der Waals surface area (Å²) in [5.41, 5.74) is 2.65. The molecular weight excluding hydrogens is 520 g/mol. The van der Waals surface area contributed by atoms with E-state index >= 15 is 0 Å². The first-order chi connectivity index (χ1) is 19.0. The fourth-order valence-electron chi connectivity index (χ4n) is 5.32. The maximum atomic E-state index is 12.3. The summed E-state index contributed by atoms with van der Waals surface area (Å²) in [6.45, 7) is 3.31. The lowest BCUT2D eigenvalue weighted by molar-refractivity contribution is 0.0531. The van der Waals surface area contributed by atoms with Crippen molar-refractivity contribution in [1.29, 1.82) is 0 Å². The number of pyridine rings is 1. The van der Waals surface area contributed by atoms with Crippen LogP contribution >= 0.6 is 0 Å². The highest BCUT2D eigenvalue weighted by atomic mass is 32.2. The first-order valence-corrected chi connectivity index (χ1v) is 14.9. The highest BCUT2D eigenvalue weighted by Crippen LogP contribution is 2.37. The average Bonchev–Trinajstić information content (AvgIpc) is 3.39. The van der Waals surface area contributed by atoms with Gasteiger partial charge in [0.15, 0.2) is 0 Å². The van der Waals surface area contributed by atoms with E-state index in [0.29, 0.717) is 48.6 Å². The number of nitrogens with zero attached hydrogens (tertiary/aromatic N) is 5. The van der Waals surface area contributed by atoms with Crippen LogP contribution in [0.2, 0.25) is 0 Å². The number of aliphatic hydroxyl groups is 1. The van der Waals surface area contributed by atoms with E-state index in [4.69, 9.17) is 14.3 Å². The van der Waals surface area contributed by atoms with Gasteiger partial charge in [0.2, 0.25) is 21.8 Å². The summed E-state index contributed by atoms with van der Waals surface area (Å²) in [4.78, 5) is 9.05. The van der Waals surface area contributed by atoms with Crippen LogP contribution in [0.15, 0.2) is 53.1 Å². The second-order valence-electron chi connectivity index (χ2n) is 10.2. The molecule has 7 rings (SSSR count). The topological polar surface area (TPSA) is 134 Å². The molecule has 2 N–H and O–H groups in total. The van der Waals surface area contributed by atoms with Gasteiger partial charge in [-0.1, -0.05) is 12.2 Å². The lowest BCUT2D eigenvalue weighted by atomic mass is 9.94. The Morgan fingerprint density at radius 3 is 2.79 bits per heavy atom. The molecule has 2 saturated heterocycles. The standard InChI is InChI=1S/C27H32N6O5S/c34-11-13-39(35,36)31-21-6-7-23-24(15-21)33-17-22(18-33)37-12-2-1-4-19-5-3-10-32(16-19)25-14-20(8-9-28-25)26-29-30-27(23)38-26/h1-2,6-9,14-15,19,22,31,34H,3-5,10-13,16-18H2/b2-1+. The van der Waals surface area contributed by atoms with Crippen molar-refractivity contribution in [3.05, 3.63) is 48.7 Å². The van der Waals surface area contributed by atoms with Gasteiger partial charge in [0.1, 0.15) is 5.82 Å². The molecule has 3 aromatic rings. The van der Waals surface area contributed by atoms with E-state index in [9.17, 15) is 8.42 Å². The van der Waals surface area contributed by atoms with Gasteiger partial charge in [-0.2, -0.15) is 0 Å². The van der Waals surface area contributed by atoms with Crippen LogP contribution in [-0.2, 0) is 14.8 Å². The third-order valence-corrected chi connectivity index (χ3v) is 8.64. The molecule has 12 heteroatoms. The minimum absolute atomic E-state index is 0.0651. The van der Waals surface area contributed by atoms with Gasteiger partial charge in [-0.15, -0.1) is 10.2 Å². The number of aliphatic hydroxyl groups excluding tert-OH is 1. The van der Waals surface area contributed by atoms with E-state index in [0.717, 1.165) is 43.0 Å². The van der Waals surface area contributed by atoms with Gasteiger partial charge in [0.05, 0.1) is 42.0 Å². The highest BCUT2D eigenvalue weighted by molar-refractivity contribution is 7.92. The number of ether oxygens (including phenoxy) is 1. The van der Waals surface area contributed by atoms with Crippen molar-refractivity contribution in [3.8, 4) is 22.9 Å². The number of piperidine rings is 1. The number of nitrogens with one attached hydrogen (secondary N) is 1. The summed E-state index contributed by atoms with van der Waals surface area (Å²) in [7, 11) is -3.67. The quantitative estimate of drug-likeness (QED) is 0.465. The largest absolute Gasteiger partial charge is 0.416 e. The van der Waals surface area contributed by atoms with Crippen LogP contribution in [0.5, 0.6) is 0 Å². The number of hydrogen-bond acceptors (Lipinski definition) is 10. The highest BCUT2D eigenvalue weighted by Gasteiger charge is 2.31. The SMILES string of the molecule is O=S(=O)(CCO)Nc1ccc2c(c1)N1CC(C1)OC/C=C/CC1CCCN(C1)c1cc(ccn1)-c1nnc-2o1. The third kappa shape index (κ3) is 5.77. The Morgan fingerprint density at radius 1 is 1.05 bits per heavy atom. The van der Waals surface area contributed by atoms with Gasteiger partial charge in [0, 0.05) is 37.9 Å². The van der Waals surface area contributed by atoms with Crippen molar-refractivity contribution in [3.63, 3.8) is 0 Å². The molecule has 0 saturated carbocycles. The van der Waals surface area contributed by atoms with Crippen molar-refractivity contribution in [2.24, 2.45) is 5.92 Å². The van der Waals surface area contributed by atoms with Crippen LogP contribution in [0.1, 0.15) is 19.3 Å². The van der Waals surface area contributed by atoms with E-state index in [-0.39, 0.29) is 11.9 Å². The molecule has 11 nitrogen and oxygen atoms in total. The second-order valence-corrected chi connectivity index (χ2v) is 12.1. The number of allylic oxidation sites excluding steroid dienone is 1.